The van der Waals surface area contributed by atoms with Gasteiger partial charge in [0.2, 0.25) is 10.0 Å². The van der Waals surface area contributed by atoms with Gasteiger partial charge in [-0.1, -0.05) is 13.8 Å². The Balaban J connectivity index is 1.95. The minimum Gasteiger partial charge on any atom is -0.452 e. The molecule has 0 unspecified atom stereocenters. The molecule has 0 saturated carbocycles. The first-order valence-corrected chi connectivity index (χ1v) is 10.0. The Bertz CT molecular complexity index is 748. The molecule has 1 saturated heterocycles. The molecule has 7 nitrogen and oxygen atoms in total. The van der Waals surface area contributed by atoms with Gasteiger partial charge in [0.15, 0.2) is 6.61 Å². The van der Waals surface area contributed by atoms with Crippen LogP contribution in [0, 0.1) is 11.8 Å². The van der Waals surface area contributed by atoms with E-state index in [0.717, 1.165) is 10.7 Å². The second-order valence-corrected chi connectivity index (χ2v) is 9.28. The monoisotopic (exact) mass is 382 g/mol. The molecule has 1 aromatic rings. The van der Waals surface area contributed by atoms with Crippen LogP contribution in [-0.4, -0.2) is 63.3 Å². The first kappa shape index (κ1) is 20.4. The molecule has 0 aromatic heterocycles. The van der Waals surface area contributed by atoms with E-state index in [4.69, 9.17) is 4.74 Å². The largest absolute Gasteiger partial charge is 0.452 e. The molecule has 1 aliphatic heterocycles. The van der Waals surface area contributed by atoms with Gasteiger partial charge >= 0.3 is 5.97 Å². The van der Waals surface area contributed by atoms with Crippen molar-refractivity contribution in [2.45, 2.75) is 25.2 Å². The van der Waals surface area contributed by atoms with Gasteiger partial charge in [-0.15, -0.1) is 0 Å². The van der Waals surface area contributed by atoms with E-state index in [1.165, 1.54) is 38.4 Å². The molecule has 0 aliphatic carbocycles. The summed E-state index contributed by atoms with van der Waals surface area (Å²) in [6, 6.07) is 5.46. The van der Waals surface area contributed by atoms with Crippen LogP contribution in [0.2, 0.25) is 0 Å². The predicted octanol–water partition coefficient (Wildman–Crippen LogP) is 1.60. The maximum absolute atomic E-state index is 12.2. The van der Waals surface area contributed by atoms with Crippen molar-refractivity contribution in [3.8, 4) is 0 Å². The third-order valence-corrected chi connectivity index (χ3v) is 6.25. The molecule has 0 N–H and O–H groups in total. The van der Waals surface area contributed by atoms with Crippen molar-refractivity contribution in [1.29, 1.82) is 0 Å². The van der Waals surface area contributed by atoms with Gasteiger partial charge in [0, 0.05) is 27.2 Å². The number of nitrogens with zero attached hydrogens (tertiary/aromatic N) is 2. The number of sulfonamides is 1. The third kappa shape index (κ3) is 4.82. The summed E-state index contributed by atoms with van der Waals surface area (Å²) in [4.78, 5) is 26.2. The van der Waals surface area contributed by atoms with Crippen LogP contribution >= 0.6 is 0 Å². The van der Waals surface area contributed by atoms with Crippen LogP contribution in [0.15, 0.2) is 29.2 Å². The molecule has 1 fully saturated rings. The van der Waals surface area contributed by atoms with Gasteiger partial charge in [-0.25, -0.2) is 17.5 Å². The molecule has 1 heterocycles. The molecular formula is C18H26N2O5S. The minimum absolute atomic E-state index is 0.0893. The Hall–Kier alpha value is -1.93. The molecule has 26 heavy (non-hydrogen) atoms. The Morgan fingerprint density at radius 1 is 1.12 bits per heavy atom. The van der Waals surface area contributed by atoms with Gasteiger partial charge in [-0.05, 0) is 42.5 Å². The molecule has 144 valence electrons. The highest BCUT2D eigenvalue weighted by Gasteiger charge is 2.26. The molecular weight excluding hydrogens is 356 g/mol. The lowest BCUT2D eigenvalue weighted by Crippen LogP contribution is -2.44. The number of hydrogen-bond acceptors (Lipinski definition) is 5. The van der Waals surface area contributed by atoms with Crippen molar-refractivity contribution < 1.29 is 22.7 Å². The van der Waals surface area contributed by atoms with Gasteiger partial charge in [0.05, 0.1) is 10.5 Å². The maximum Gasteiger partial charge on any atom is 0.338 e. The Labute approximate surface area is 155 Å². The number of carbonyl (C=O) groups is 2. The summed E-state index contributed by atoms with van der Waals surface area (Å²) in [6.45, 7) is 5.25. The quantitative estimate of drug-likeness (QED) is 0.722. The standard InChI is InChI=1S/C18H26N2O5S/c1-13-9-14(2)11-20(10-13)17(21)12-25-18(22)15-5-7-16(8-6-15)26(23,24)19(3)4/h5-8,13-14H,9-12H2,1-4H3/t13-,14-/m1/s1. The lowest BCUT2D eigenvalue weighted by molar-refractivity contribution is -0.137. The predicted molar refractivity (Wildman–Crippen MR) is 97.1 cm³/mol. The molecule has 0 bridgehead atoms. The van der Waals surface area contributed by atoms with E-state index >= 15 is 0 Å². The molecule has 2 rings (SSSR count). The van der Waals surface area contributed by atoms with Crippen molar-refractivity contribution in [3.05, 3.63) is 29.8 Å². The molecule has 8 heteroatoms. The maximum atomic E-state index is 12.2. The second-order valence-electron chi connectivity index (χ2n) is 7.13. The number of hydrogen-bond donors (Lipinski definition) is 0. The first-order valence-electron chi connectivity index (χ1n) is 8.58. The Morgan fingerprint density at radius 3 is 2.15 bits per heavy atom. The van der Waals surface area contributed by atoms with E-state index in [2.05, 4.69) is 13.8 Å². The van der Waals surface area contributed by atoms with Crippen molar-refractivity contribution >= 4 is 21.9 Å². The summed E-state index contributed by atoms with van der Waals surface area (Å²) in [5, 5.41) is 0. The van der Waals surface area contributed by atoms with Gasteiger partial charge in [0.25, 0.3) is 5.91 Å². The van der Waals surface area contributed by atoms with Crippen LogP contribution in [0.1, 0.15) is 30.6 Å². The van der Waals surface area contributed by atoms with E-state index < -0.39 is 16.0 Å². The van der Waals surface area contributed by atoms with Crippen molar-refractivity contribution in [2.75, 3.05) is 33.8 Å². The van der Waals surface area contributed by atoms with Crippen LogP contribution < -0.4 is 0 Å². The molecule has 0 radical (unpaired) electrons. The summed E-state index contributed by atoms with van der Waals surface area (Å²) < 4.78 is 30.2. The van der Waals surface area contributed by atoms with Crippen LogP contribution in [-0.2, 0) is 19.6 Å². The Kier molecular flexibility index (Phi) is 6.41. The summed E-state index contributed by atoms with van der Waals surface area (Å²) in [7, 11) is -0.678. The van der Waals surface area contributed by atoms with Crippen molar-refractivity contribution in [1.82, 2.24) is 9.21 Å². The van der Waals surface area contributed by atoms with Crippen LogP contribution in [0.4, 0.5) is 0 Å². The number of benzene rings is 1. The van der Waals surface area contributed by atoms with E-state index in [9.17, 15) is 18.0 Å². The highest BCUT2D eigenvalue weighted by Crippen LogP contribution is 2.21. The number of rotatable bonds is 5. The molecule has 1 aliphatic rings. The van der Waals surface area contributed by atoms with E-state index in [0.29, 0.717) is 24.9 Å². The number of carbonyl (C=O) groups excluding carboxylic acids is 2. The SMILES string of the molecule is C[C@@H]1C[C@@H](C)CN(C(=O)COC(=O)c2ccc(S(=O)(=O)N(C)C)cc2)C1. The normalized spacial score (nSPS) is 20.9. The first-order chi connectivity index (χ1) is 12.1. The molecule has 2 atom stereocenters. The fourth-order valence-electron chi connectivity index (χ4n) is 3.14. The van der Waals surface area contributed by atoms with Gasteiger partial charge < -0.3 is 9.64 Å². The lowest BCUT2D eigenvalue weighted by Gasteiger charge is -2.34. The minimum atomic E-state index is -3.55. The summed E-state index contributed by atoms with van der Waals surface area (Å²) >= 11 is 0. The highest BCUT2D eigenvalue weighted by molar-refractivity contribution is 7.89. The molecule has 0 spiro atoms. The van der Waals surface area contributed by atoms with E-state index in [-0.39, 0.29) is 23.0 Å². The van der Waals surface area contributed by atoms with Gasteiger partial charge in [0.1, 0.15) is 0 Å². The number of amides is 1. The molecule has 1 amide bonds. The van der Waals surface area contributed by atoms with Gasteiger partial charge in [-0.3, -0.25) is 4.79 Å². The number of ether oxygens (including phenoxy) is 1. The second kappa shape index (κ2) is 8.18. The third-order valence-electron chi connectivity index (χ3n) is 4.42. The van der Waals surface area contributed by atoms with Crippen LogP contribution in [0.25, 0.3) is 0 Å². The fourth-order valence-corrected chi connectivity index (χ4v) is 4.04. The smallest absolute Gasteiger partial charge is 0.338 e. The number of esters is 1. The molecule has 1 aromatic carbocycles. The zero-order valence-electron chi connectivity index (χ0n) is 15.6. The Morgan fingerprint density at radius 2 is 1.65 bits per heavy atom. The highest BCUT2D eigenvalue weighted by atomic mass is 32.2. The zero-order valence-corrected chi connectivity index (χ0v) is 16.5. The van der Waals surface area contributed by atoms with E-state index in [1.807, 2.05) is 0 Å². The van der Waals surface area contributed by atoms with E-state index in [1.54, 1.807) is 4.90 Å². The van der Waals surface area contributed by atoms with Crippen molar-refractivity contribution in [2.24, 2.45) is 11.8 Å². The summed E-state index contributed by atoms with van der Waals surface area (Å²) in [5.41, 5.74) is 0.205. The number of piperidine rings is 1. The summed E-state index contributed by atoms with van der Waals surface area (Å²) in [5.74, 6) is 0.0167. The van der Waals surface area contributed by atoms with Gasteiger partial charge in [-0.2, -0.15) is 0 Å². The fraction of sp³-hybridized carbons (Fsp3) is 0.556. The van der Waals surface area contributed by atoms with Crippen LogP contribution in [0.3, 0.4) is 0 Å². The average Bonchev–Trinajstić information content (AvgIpc) is 2.58. The summed E-state index contributed by atoms with van der Waals surface area (Å²) in [6.07, 6.45) is 1.09. The topological polar surface area (TPSA) is 84.0 Å². The average molecular weight is 382 g/mol. The van der Waals surface area contributed by atoms with Crippen molar-refractivity contribution in [3.63, 3.8) is 0 Å². The lowest BCUT2D eigenvalue weighted by atomic mass is 9.92. The number of likely N-dealkylation sites (tertiary alicyclic amines) is 1. The van der Waals surface area contributed by atoms with Crippen LogP contribution in [0.5, 0.6) is 0 Å². The zero-order chi connectivity index (χ0) is 19.5.